The third-order valence-electron chi connectivity index (χ3n) is 2.31. The van der Waals surface area contributed by atoms with Crippen LogP contribution in [0, 0.1) is 0 Å². The maximum Gasteiger partial charge on any atom is 0.308 e. The molecular formula is C9H11N5O4S2. The van der Waals surface area contributed by atoms with E-state index in [1.807, 2.05) is 0 Å². The van der Waals surface area contributed by atoms with Crippen LogP contribution in [0.25, 0.3) is 0 Å². The molecule has 11 heteroatoms. The number of aromatic amines is 1. The standard InChI is InChI=1S/C9H11N5O4S2/c1-5(9-10-13-14-11-9)12-20(17,18)8-3-2-6(19-8)4-7(15)16/h2-3,5,12H,4H2,1H3,(H,15,16)(H,10,11,13,14). The van der Waals surface area contributed by atoms with E-state index in [0.29, 0.717) is 4.88 Å². The van der Waals surface area contributed by atoms with Gasteiger partial charge in [-0.05, 0) is 19.1 Å². The van der Waals surface area contributed by atoms with Gasteiger partial charge in [-0.1, -0.05) is 5.21 Å². The predicted octanol–water partition coefficient (Wildman–Crippen LogP) is -0.0722. The molecule has 2 rings (SSSR count). The van der Waals surface area contributed by atoms with Crippen LogP contribution in [-0.4, -0.2) is 40.1 Å². The zero-order valence-corrected chi connectivity index (χ0v) is 11.9. The number of hydrogen-bond donors (Lipinski definition) is 3. The van der Waals surface area contributed by atoms with Crippen LogP contribution in [0.3, 0.4) is 0 Å². The molecule has 0 aliphatic carbocycles. The molecule has 0 saturated heterocycles. The number of aromatic nitrogens is 4. The van der Waals surface area contributed by atoms with Crippen LogP contribution in [0.1, 0.15) is 23.7 Å². The second-order valence-corrected chi connectivity index (χ2v) is 7.01. The Morgan fingerprint density at radius 1 is 1.55 bits per heavy atom. The van der Waals surface area contributed by atoms with E-state index in [-0.39, 0.29) is 16.5 Å². The normalized spacial score (nSPS) is 13.2. The molecule has 0 saturated carbocycles. The predicted molar refractivity (Wildman–Crippen MR) is 68.6 cm³/mol. The summed E-state index contributed by atoms with van der Waals surface area (Å²) in [6.45, 7) is 1.58. The second kappa shape index (κ2) is 5.64. The number of H-pyrrole nitrogens is 1. The van der Waals surface area contributed by atoms with Gasteiger partial charge in [0, 0.05) is 4.88 Å². The summed E-state index contributed by atoms with van der Waals surface area (Å²) in [5.74, 6) is -0.792. The van der Waals surface area contributed by atoms with Crippen LogP contribution < -0.4 is 4.72 Å². The Morgan fingerprint density at radius 2 is 2.30 bits per heavy atom. The number of carboxylic acid groups (broad SMARTS) is 1. The van der Waals surface area contributed by atoms with Crippen molar-refractivity contribution in [1.29, 1.82) is 0 Å². The number of hydrogen-bond acceptors (Lipinski definition) is 7. The van der Waals surface area contributed by atoms with E-state index in [1.54, 1.807) is 6.92 Å². The molecule has 0 fully saturated rings. The van der Waals surface area contributed by atoms with Crippen molar-refractivity contribution < 1.29 is 18.3 Å². The van der Waals surface area contributed by atoms with Gasteiger partial charge in [-0.2, -0.15) is 9.94 Å². The van der Waals surface area contributed by atoms with E-state index in [4.69, 9.17) is 5.11 Å². The summed E-state index contributed by atoms with van der Waals surface area (Å²) in [5.41, 5.74) is 0. The van der Waals surface area contributed by atoms with Gasteiger partial charge in [0.2, 0.25) is 0 Å². The number of aliphatic carboxylic acids is 1. The first-order chi connectivity index (χ1) is 9.38. The number of carbonyl (C=O) groups is 1. The van der Waals surface area contributed by atoms with Crippen molar-refractivity contribution in [2.45, 2.75) is 23.6 Å². The molecule has 20 heavy (non-hydrogen) atoms. The van der Waals surface area contributed by atoms with Crippen molar-refractivity contribution in [3.8, 4) is 0 Å². The van der Waals surface area contributed by atoms with Crippen LogP contribution in [0.5, 0.6) is 0 Å². The number of nitrogens with zero attached hydrogens (tertiary/aromatic N) is 3. The van der Waals surface area contributed by atoms with Gasteiger partial charge in [0.1, 0.15) is 4.21 Å². The first-order valence-corrected chi connectivity index (χ1v) is 7.74. The number of tetrazole rings is 1. The quantitative estimate of drug-likeness (QED) is 0.677. The minimum atomic E-state index is -3.75. The molecule has 0 spiro atoms. The lowest BCUT2D eigenvalue weighted by Gasteiger charge is -2.08. The van der Waals surface area contributed by atoms with Crippen LogP contribution in [0.2, 0.25) is 0 Å². The number of carboxylic acids is 1. The molecule has 0 bridgehead atoms. The molecule has 2 aromatic heterocycles. The molecule has 108 valence electrons. The fourth-order valence-corrected chi connectivity index (χ4v) is 4.01. The third kappa shape index (κ3) is 3.37. The van der Waals surface area contributed by atoms with E-state index in [0.717, 1.165) is 11.3 Å². The highest BCUT2D eigenvalue weighted by molar-refractivity contribution is 7.91. The van der Waals surface area contributed by atoms with Gasteiger partial charge in [-0.25, -0.2) is 8.42 Å². The molecule has 0 amide bonds. The van der Waals surface area contributed by atoms with E-state index in [2.05, 4.69) is 25.3 Å². The van der Waals surface area contributed by atoms with E-state index >= 15 is 0 Å². The molecule has 0 aliphatic rings. The van der Waals surface area contributed by atoms with Crippen molar-refractivity contribution in [1.82, 2.24) is 25.3 Å². The molecule has 1 unspecified atom stereocenters. The third-order valence-corrected chi connectivity index (χ3v) is 5.43. The first-order valence-electron chi connectivity index (χ1n) is 5.44. The smallest absolute Gasteiger partial charge is 0.308 e. The highest BCUT2D eigenvalue weighted by Gasteiger charge is 2.22. The second-order valence-electron chi connectivity index (χ2n) is 3.90. The molecule has 0 aliphatic heterocycles. The monoisotopic (exact) mass is 317 g/mol. The summed E-state index contributed by atoms with van der Waals surface area (Å²) >= 11 is 0.912. The highest BCUT2D eigenvalue weighted by atomic mass is 32.2. The number of rotatable bonds is 6. The molecule has 0 radical (unpaired) electrons. The van der Waals surface area contributed by atoms with Crippen molar-refractivity contribution in [3.63, 3.8) is 0 Å². The van der Waals surface area contributed by atoms with Crippen molar-refractivity contribution in [2.75, 3.05) is 0 Å². The summed E-state index contributed by atoms with van der Waals surface area (Å²) in [6, 6.07) is 2.20. The summed E-state index contributed by atoms with van der Waals surface area (Å²) < 4.78 is 26.6. The highest BCUT2D eigenvalue weighted by Crippen LogP contribution is 2.23. The number of sulfonamides is 1. The minimum absolute atomic E-state index is 0.0455. The summed E-state index contributed by atoms with van der Waals surface area (Å²) in [4.78, 5) is 11.0. The Bertz CT molecular complexity index is 694. The molecule has 0 aromatic carbocycles. The van der Waals surface area contributed by atoms with Crippen LogP contribution in [-0.2, 0) is 21.2 Å². The molecule has 9 nitrogen and oxygen atoms in total. The Hall–Kier alpha value is -1.85. The molecular weight excluding hydrogens is 306 g/mol. The topological polar surface area (TPSA) is 138 Å². The summed E-state index contributed by atoms with van der Waals surface area (Å²) in [5, 5.41) is 21.6. The Labute approximate surface area is 118 Å². The Morgan fingerprint density at radius 3 is 2.90 bits per heavy atom. The molecule has 2 heterocycles. The Kier molecular flexibility index (Phi) is 4.11. The van der Waals surface area contributed by atoms with Crippen molar-refractivity contribution in [3.05, 3.63) is 22.8 Å². The first kappa shape index (κ1) is 14.6. The van der Waals surface area contributed by atoms with Crippen LogP contribution in [0.4, 0.5) is 0 Å². The lowest BCUT2D eigenvalue weighted by atomic mass is 10.3. The lowest BCUT2D eigenvalue weighted by Crippen LogP contribution is -2.27. The van der Waals surface area contributed by atoms with Gasteiger partial charge in [-0.15, -0.1) is 21.5 Å². The fraction of sp³-hybridized carbons (Fsp3) is 0.333. The SMILES string of the molecule is CC(NS(=O)(=O)c1ccc(CC(=O)O)s1)c1nn[nH]n1. The van der Waals surface area contributed by atoms with Gasteiger partial charge in [0.25, 0.3) is 10.0 Å². The Balaban J connectivity index is 2.14. The van der Waals surface area contributed by atoms with Gasteiger partial charge < -0.3 is 5.11 Å². The number of nitrogens with one attached hydrogen (secondary N) is 2. The van der Waals surface area contributed by atoms with E-state index < -0.39 is 22.0 Å². The number of thiophene rings is 1. The summed E-state index contributed by atoms with van der Waals surface area (Å²) in [6.07, 6.45) is -0.208. The van der Waals surface area contributed by atoms with Gasteiger partial charge >= 0.3 is 5.97 Å². The minimum Gasteiger partial charge on any atom is -0.481 e. The molecule has 3 N–H and O–H groups in total. The summed E-state index contributed by atoms with van der Waals surface area (Å²) in [7, 11) is -3.75. The van der Waals surface area contributed by atoms with E-state index in [9.17, 15) is 13.2 Å². The van der Waals surface area contributed by atoms with Crippen LogP contribution in [0.15, 0.2) is 16.3 Å². The lowest BCUT2D eigenvalue weighted by molar-refractivity contribution is -0.136. The van der Waals surface area contributed by atoms with Crippen LogP contribution >= 0.6 is 11.3 Å². The maximum atomic E-state index is 12.1. The van der Waals surface area contributed by atoms with Crippen molar-refractivity contribution in [2.24, 2.45) is 0 Å². The van der Waals surface area contributed by atoms with E-state index in [1.165, 1.54) is 12.1 Å². The molecule has 1 atom stereocenters. The zero-order valence-electron chi connectivity index (χ0n) is 10.3. The maximum absolute atomic E-state index is 12.1. The molecule has 2 aromatic rings. The van der Waals surface area contributed by atoms with Crippen molar-refractivity contribution >= 4 is 27.3 Å². The van der Waals surface area contributed by atoms with Gasteiger partial charge in [0.15, 0.2) is 5.82 Å². The van der Waals surface area contributed by atoms with Gasteiger partial charge in [-0.3, -0.25) is 4.79 Å². The van der Waals surface area contributed by atoms with Gasteiger partial charge in [0.05, 0.1) is 12.5 Å². The average molecular weight is 317 g/mol. The average Bonchev–Trinajstić information content (AvgIpc) is 2.97. The fourth-order valence-electron chi connectivity index (χ4n) is 1.44. The zero-order chi connectivity index (χ0) is 14.8. The largest absolute Gasteiger partial charge is 0.481 e.